The first-order valence-corrected chi connectivity index (χ1v) is 7.97. The molecule has 8 heteroatoms. The molecule has 0 aliphatic carbocycles. The zero-order valence-corrected chi connectivity index (χ0v) is 15.1. The molecule has 0 saturated carbocycles. The normalized spacial score (nSPS) is 10.8. The van der Waals surface area contributed by atoms with Gasteiger partial charge in [0.05, 0.1) is 16.3 Å². The van der Waals surface area contributed by atoms with E-state index in [2.05, 4.69) is 63.3 Å². The van der Waals surface area contributed by atoms with Gasteiger partial charge in [-0.25, -0.2) is 5.43 Å². The number of phenolic OH excluding ortho intramolecular Hbond substituents is 1. The predicted octanol–water partition coefficient (Wildman–Crippen LogP) is 3.84. The minimum Gasteiger partial charge on any atom is -0.506 e. The lowest BCUT2D eigenvalue weighted by molar-refractivity contribution is 0.0954. The second-order valence-electron chi connectivity index (χ2n) is 3.92. The highest BCUT2D eigenvalue weighted by Gasteiger charge is 2.07. The number of phenols is 1. The van der Waals surface area contributed by atoms with Crippen LogP contribution in [0.5, 0.6) is 5.75 Å². The molecular formula is C13H8Br3N3O2. The standard InChI is InChI=1S/C13H8Br3N3O2/c14-9-1-7(12(20)11(16)3-9)5-18-19-13(21)8-2-10(15)6-17-4-8/h1-6,20H,(H,19,21). The lowest BCUT2D eigenvalue weighted by Crippen LogP contribution is -2.17. The Morgan fingerprint density at radius 2 is 1.95 bits per heavy atom. The summed E-state index contributed by atoms with van der Waals surface area (Å²) in [6, 6.07) is 5.01. The smallest absolute Gasteiger partial charge is 0.272 e. The topological polar surface area (TPSA) is 74.6 Å². The van der Waals surface area contributed by atoms with Gasteiger partial charge in [0.2, 0.25) is 0 Å². The highest BCUT2D eigenvalue weighted by Crippen LogP contribution is 2.30. The zero-order valence-electron chi connectivity index (χ0n) is 10.3. The first-order chi connectivity index (χ1) is 9.97. The maximum absolute atomic E-state index is 11.8. The monoisotopic (exact) mass is 475 g/mol. The molecule has 5 nitrogen and oxygen atoms in total. The third kappa shape index (κ3) is 4.36. The van der Waals surface area contributed by atoms with Crippen molar-refractivity contribution in [2.24, 2.45) is 5.10 Å². The van der Waals surface area contributed by atoms with E-state index in [1.54, 1.807) is 24.4 Å². The Morgan fingerprint density at radius 3 is 2.67 bits per heavy atom. The van der Waals surface area contributed by atoms with Gasteiger partial charge in [-0.2, -0.15) is 5.10 Å². The Hall–Kier alpha value is -1.25. The van der Waals surface area contributed by atoms with Crippen molar-refractivity contribution in [3.63, 3.8) is 0 Å². The number of carbonyl (C=O) groups is 1. The lowest BCUT2D eigenvalue weighted by Gasteiger charge is -2.03. The lowest BCUT2D eigenvalue weighted by atomic mass is 10.2. The number of pyridine rings is 1. The first kappa shape index (κ1) is 16.1. The van der Waals surface area contributed by atoms with Crippen molar-refractivity contribution >= 4 is 59.9 Å². The van der Waals surface area contributed by atoms with Crippen molar-refractivity contribution in [1.82, 2.24) is 10.4 Å². The van der Waals surface area contributed by atoms with Crippen molar-refractivity contribution < 1.29 is 9.90 Å². The van der Waals surface area contributed by atoms with E-state index in [1.807, 2.05) is 0 Å². The van der Waals surface area contributed by atoms with Crippen LogP contribution in [0.15, 0.2) is 49.1 Å². The number of hydrogen-bond donors (Lipinski definition) is 2. The Bertz CT molecular complexity index is 720. The summed E-state index contributed by atoms with van der Waals surface area (Å²) in [5.74, 6) is -0.353. The molecule has 1 aromatic heterocycles. The first-order valence-electron chi connectivity index (χ1n) is 5.59. The van der Waals surface area contributed by atoms with Crippen LogP contribution in [0.4, 0.5) is 0 Å². The van der Waals surface area contributed by atoms with Crippen LogP contribution in [0, 0.1) is 0 Å². The molecule has 0 aliphatic heterocycles. The predicted molar refractivity (Wildman–Crippen MR) is 90.5 cm³/mol. The van der Waals surface area contributed by atoms with E-state index in [1.165, 1.54) is 12.4 Å². The van der Waals surface area contributed by atoms with Gasteiger partial charge in [-0.1, -0.05) is 15.9 Å². The molecule has 0 atom stereocenters. The third-order valence-electron chi connectivity index (χ3n) is 2.39. The fourth-order valence-electron chi connectivity index (χ4n) is 1.45. The average molecular weight is 478 g/mol. The van der Waals surface area contributed by atoms with Crippen molar-refractivity contribution in [3.8, 4) is 5.75 Å². The SMILES string of the molecule is O=C(NN=Cc1cc(Br)cc(Br)c1O)c1cncc(Br)c1. The number of aromatic nitrogens is 1. The van der Waals surface area contributed by atoms with E-state index in [-0.39, 0.29) is 5.75 Å². The molecular weight excluding hydrogens is 470 g/mol. The molecule has 0 aliphatic rings. The molecule has 0 unspecified atom stereocenters. The summed E-state index contributed by atoms with van der Waals surface area (Å²) >= 11 is 9.77. The summed E-state index contributed by atoms with van der Waals surface area (Å²) in [7, 11) is 0. The second-order valence-corrected chi connectivity index (χ2v) is 6.60. The number of rotatable bonds is 3. The maximum atomic E-state index is 11.8. The zero-order chi connectivity index (χ0) is 15.4. The van der Waals surface area contributed by atoms with Crippen molar-refractivity contribution in [1.29, 1.82) is 0 Å². The highest BCUT2D eigenvalue weighted by atomic mass is 79.9. The van der Waals surface area contributed by atoms with Crippen LogP contribution in [0.1, 0.15) is 15.9 Å². The van der Waals surface area contributed by atoms with Crippen LogP contribution in [0.3, 0.4) is 0 Å². The van der Waals surface area contributed by atoms with E-state index in [9.17, 15) is 9.90 Å². The molecule has 0 bridgehead atoms. The number of hydrogen-bond acceptors (Lipinski definition) is 4. The van der Waals surface area contributed by atoms with Gasteiger partial charge >= 0.3 is 0 Å². The Kier molecular flexibility index (Phi) is 5.49. The van der Waals surface area contributed by atoms with Crippen molar-refractivity contribution in [2.45, 2.75) is 0 Å². The molecule has 108 valence electrons. The molecule has 21 heavy (non-hydrogen) atoms. The van der Waals surface area contributed by atoms with Crippen LogP contribution in [-0.2, 0) is 0 Å². The fraction of sp³-hybridized carbons (Fsp3) is 0. The number of nitrogens with one attached hydrogen (secondary N) is 1. The molecule has 2 N–H and O–H groups in total. The summed E-state index contributed by atoms with van der Waals surface area (Å²) in [4.78, 5) is 15.7. The van der Waals surface area contributed by atoms with Gasteiger partial charge in [-0.05, 0) is 50.1 Å². The third-order valence-corrected chi connectivity index (χ3v) is 3.89. The molecule has 0 fully saturated rings. The van der Waals surface area contributed by atoms with Crippen LogP contribution < -0.4 is 5.43 Å². The second kappa shape index (κ2) is 7.15. The Morgan fingerprint density at radius 1 is 1.19 bits per heavy atom. The molecule has 1 aromatic carbocycles. The minimum atomic E-state index is -0.395. The molecule has 1 amide bonds. The van der Waals surface area contributed by atoms with E-state index < -0.39 is 5.91 Å². The summed E-state index contributed by atoms with van der Waals surface area (Å²) < 4.78 is 2.00. The quantitative estimate of drug-likeness (QED) is 0.521. The largest absolute Gasteiger partial charge is 0.506 e. The maximum Gasteiger partial charge on any atom is 0.272 e. The molecule has 0 spiro atoms. The van der Waals surface area contributed by atoms with Gasteiger partial charge in [0, 0.05) is 26.9 Å². The number of hydrazone groups is 1. The van der Waals surface area contributed by atoms with Crippen LogP contribution in [-0.4, -0.2) is 22.2 Å². The molecule has 0 saturated heterocycles. The van der Waals surface area contributed by atoms with Gasteiger partial charge < -0.3 is 5.11 Å². The molecule has 2 rings (SSSR count). The van der Waals surface area contributed by atoms with Gasteiger partial charge in [0.25, 0.3) is 5.91 Å². The van der Waals surface area contributed by atoms with Gasteiger partial charge in [0.15, 0.2) is 0 Å². The molecule has 0 radical (unpaired) electrons. The van der Waals surface area contributed by atoms with Gasteiger partial charge in [0.1, 0.15) is 5.75 Å². The van der Waals surface area contributed by atoms with Crippen molar-refractivity contribution in [3.05, 3.63) is 55.1 Å². The average Bonchev–Trinajstić information content (AvgIpc) is 2.43. The van der Waals surface area contributed by atoms with Gasteiger partial charge in [-0.15, -0.1) is 0 Å². The Labute approximate surface area is 145 Å². The fourth-order valence-corrected chi connectivity index (χ4v) is 3.07. The molecule has 1 heterocycles. The summed E-state index contributed by atoms with van der Waals surface area (Å²) in [6.07, 6.45) is 4.37. The summed E-state index contributed by atoms with van der Waals surface area (Å²) in [6.45, 7) is 0. The summed E-state index contributed by atoms with van der Waals surface area (Å²) in [5, 5.41) is 13.7. The van der Waals surface area contributed by atoms with Crippen LogP contribution in [0.25, 0.3) is 0 Å². The van der Waals surface area contributed by atoms with E-state index in [0.717, 1.165) is 4.47 Å². The number of benzene rings is 1. The van der Waals surface area contributed by atoms with Crippen LogP contribution >= 0.6 is 47.8 Å². The number of amides is 1. The van der Waals surface area contributed by atoms with Crippen LogP contribution in [0.2, 0.25) is 0 Å². The minimum absolute atomic E-state index is 0.0420. The summed E-state index contributed by atoms with van der Waals surface area (Å²) in [5.41, 5.74) is 3.21. The molecule has 2 aromatic rings. The van der Waals surface area contributed by atoms with E-state index in [0.29, 0.717) is 20.1 Å². The Balaban J connectivity index is 2.11. The highest BCUT2D eigenvalue weighted by molar-refractivity contribution is 9.11. The van der Waals surface area contributed by atoms with Gasteiger partial charge in [-0.3, -0.25) is 9.78 Å². The van der Waals surface area contributed by atoms with E-state index in [4.69, 9.17) is 0 Å². The number of carbonyl (C=O) groups excluding carboxylic acids is 1. The van der Waals surface area contributed by atoms with Crippen molar-refractivity contribution in [2.75, 3.05) is 0 Å². The number of halogens is 3. The number of aromatic hydroxyl groups is 1. The number of nitrogens with zero attached hydrogens (tertiary/aromatic N) is 2. The van der Waals surface area contributed by atoms with E-state index >= 15 is 0 Å².